The van der Waals surface area contributed by atoms with Gasteiger partial charge in [-0.05, 0) is 69.1 Å². The van der Waals surface area contributed by atoms with Crippen molar-refractivity contribution in [3.05, 3.63) is 48.4 Å². The second-order valence-corrected chi connectivity index (χ2v) is 13.9. The predicted molar refractivity (Wildman–Crippen MR) is 140 cm³/mol. The maximum Gasteiger partial charge on any atom is 0.269 e. The van der Waals surface area contributed by atoms with Crippen molar-refractivity contribution in [2.24, 2.45) is 11.8 Å². The highest BCUT2D eigenvalue weighted by Gasteiger charge is 2.44. The van der Waals surface area contributed by atoms with E-state index in [1.54, 1.807) is 36.5 Å². The van der Waals surface area contributed by atoms with Gasteiger partial charge in [0, 0.05) is 25.3 Å². The minimum atomic E-state index is -3.79. The summed E-state index contributed by atoms with van der Waals surface area (Å²) in [6, 6.07) is 8.82. The molecule has 2 fully saturated rings. The lowest BCUT2D eigenvalue weighted by molar-refractivity contribution is 0.457. The van der Waals surface area contributed by atoms with E-state index < -0.39 is 20.0 Å². The topological polar surface area (TPSA) is 114 Å². The Balaban J connectivity index is 1.34. The normalized spacial score (nSPS) is 24.3. The van der Waals surface area contributed by atoms with Crippen molar-refractivity contribution >= 4 is 36.9 Å². The van der Waals surface area contributed by atoms with Gasteiger partial charge in [0.05, 0.1) is 16.0 Å². The Bertz CT molecular complexity index is 1450. The number of hydrogen-bond acceptors (Lipinski definition) is 7. The Hall–Kier alpha value is -2.50. The number of aromatic nitrogens is 3. The number of anilines is 1. The number of nitrogens with zero attached hydrogens (tertiary/aromatic N) is 4. The summed E-state index contributed by atoms with van der Waals surface area (Å²) in [6.07, 6.45) is 7.22. The zero-order valence-corrected chi connectivity index (χ0v) is 22.5. The second-order valence-electron chi connectivity index (χ2n) is 10.2. The maximum absolute atomic E-state index is 13.3. The molecule has 1 N–H and O–H groups in total. The molecular weight excluding hydrogens is 498 g/mol. The molecule has 4 atom stereocenters. The van der Waals surface area contributed by atoms with Gasteiger partial charge in [0.1, 0.15) is 12.1 Å². The first-order valence-electron chi connectivity index (χ1n) is 12.5. The lowest BCUT2D eigenvalue weighted by atomic mass is 10.0. The van der Waals surface area contributed by atoms with Gasteiger partial charge >= 0.3 is 0 Å². The standard InChI is InChI=1S/C25H33N5O4S2/c1-4-11-35(31,32)28-20-12-18-14-21(15-19(18)13-20)29(3)24-23-9-10-30(25(23)27-16-26-24)36(33,34)22-7-5-17(2)6-8-22/h5-10,16,18-21,28H,4,11-15H2,1-3H3/t18-,19?,20?,21?/m1/s1. The van der Waals surface area contributed by atoms with E-state index in [1.807, 2.05) is 20.9 Å². The van der Waals surface area contributed by atoms with Crippen LogP contribution >= 0.6 is 0 Å². The number of nitrogens with one attached hydrogen (secondary N) is 1. The molecule has 0 saturated heterocycles. The van der Waals surface area contributed by atoms with Gasteiger partial charge in [0.2, 0.25) is 10.0 Å². The van der Waals surface area contributed by atoms with Crippen molar-refractivity contribution in [1.82, 2.24) is 18.7 Å². The van der Waals surface area contributed by atoms with Crippen LogP contribution in [0.2, 0.25) is 0 Å². The van der Waals surface area contributed by atoms with Crippen LogP contribution in [0.3, 0.4) is 0 Å². The van der Waals surface area contributed by atoms with Crippen molar-refractivity contribution in [2.75, 3.05) is 17.7 Å². The molecule has 0 aliphatic heterocycles. The minimum absolute atomic E-state index is 0.0228. The smallest absolute Gasteiger partial charge is 0.269 e. The number of sulfonamides is 1. The van der Waals surface area contributed by atoms with Gasteiger partial charge in [-0.2, -0.15) is 0 Å². The first-order chi connectivity index (χ1) is 17.1. The molecule has 2 aliphatic carbocycles. The zero-order chi connectivity index (χ0) is 25.7. The molecule has 1 aromatic carbocycles. The highest BCUT2D eigenvalue weighted by molar-refractivity contribution is 7.90. The van der Waals surface area contributed by atoms with Gasteiger partial charge < -0.3 is 4.90 Å². The molecule has 2 aromatic heterocycles. The fourth-order valence-electron chi connectivity index (χ4n) is 5.97. The maximum atomic E-state index is 13.3. The van der Waals surface area contributed by atoms with Gasteiger partial charge in [-0.25, -0.2) is 35.5 Å². The Morgan fingerprint density at radius 3 is 2.31 bits per heavy atom. The minimum Gasteiger partial charge on any atom is -0.356 e. The summed E-state index contributed by atoms with van der Waals surface area (Å²) in [5, 5.41) is 0.693. The van der Waals surface area contributed by atoms with Crippen molar-refractivity contribution < 1.29 is 16.8 Å². The monoisotopic (exact) mass is 531 g/mol. The number of aryl methyl sites for hydroxylation is 1. The van der Waals surface area contributed by atoms with Crippen LogP contribution in [-0.2, 0) is 20.0 Å². The van der Waals surface area contributed by atoms with Gasteiger partial charge in [0.25, 0.3) is 10.0 Å². The first kappa shape index (κ1) is 25.2. The van der Waals surface area contributed by atoms with E-state index in [9.17, 15) is 16.8 Å². The molecule has 2 heterocycles. The summed E-state index contributed by atoms with van der Waals surface area (Å²) in [5.41, 5.74) is 1.35. The number of benzene rings is 1. The van der Waals surface area contributed by atoms with Crippen molar-refractivity contribution in [3.8, 4) is 0 Å². The van der Waals surface area contributed by atoms with E-state index in [0.717, 1.165) is 31.2 Å². The van der Waals surface area contributed by atoms with Gasteiger partial charge in [-0.15, -0.1) is 0 Å². The van der Waals surface area contributed by atoms with E-state index in [2.05, 4.69) is 19.6 Å². The predicted octanol–water partition coefficient (Wildman–Crippen LogP) is 3.30. The summed E-state index contributed by atoms with van der Waals surface area (Å²) in [4.78, 5) is 11.2. The molecule has 2 saturated carbocycles. The van der Waals surface area contributed by atoms with Crippen LogP contribution in [0.5, 0.6) is 0 Å². The quantitative estimate of drug-likeness (QED) is 0.474. The molecule has 0 spiro atoms. The SMILES string of the molecule is CCCS(=O)(=O)NC1CC2CC(N(C)c3ncnc4c3ccn4S(=O)(=O)c3ccc(C)cc3)C[C@H]2C1. The van der Waals surface area contributed by atoms with Crippen molar-refractivity contribution in [3.63, 3.8) is 0 Å². The Morgan fingerprint density at radius 1 is 1.00 bits per heavy atom. The second kappa shape index (κ2) is 9.42. The van der Waals surface area contributed by atoms with Crippen LogP contribution in [0.4, 0.5) is 5.82 Å². The van der Waals surface area contributed by atoms with E-state index >= 15 is 0 Å². The largest absolute Gasteiger partial charge is 0.356 e. The molecular formula is C25H33N5O4S2. The van der Waals surface area contributed by atoms with E-state index in [-0.39, 0.29) is 22.7 Å². The summed E-state index contributed by atoms with van der Waals surface area (Å²) in [6.45, 7) is 3.79. The first-order valence-corrected chi connectivity index (χ1v) is 15.6. The van der Waals surface area contributed by atoms with Crippen LogP contribution < -0.4 is 9.62 Å². The fraction of sp³-hybridized carbons (Fsp3) is 0.520. The number of rotatable bonds is 8. The molecule has 3 unspecified atom stereocenters. The lowest BCUT2D eigenvalue weighted by Crippen LogP contribution is -2.36. The molecule has 3 aromatic rings. The Labute approximate surface area is 213 Å². The Morgan fingerprint density at radius 2 is 1.67 bits per heavy atom. The molecule has 0 amide bonds. The van der Waals surface area contributed by atoms with Gasteiger partial charge in [-0.1, -0.05) is 24.6 Å². The summed E-state index contributed by atoms with van der Waals surface area (Å²) >= 11 is 0. The van der Waals surface area contributed by atoms with Crippen LogP contribution in [0.15, 0.2) is 47.8 Å². The molecule has 0 bridgehead atoms. The average Bonchev–Trinajstić information content (AvgIpc) is 3.51. The molecule has 9 nitrogen and oxygen atoms in total. The molecule has 194 valence electrons. The van der Waals surface area contributed by atoms with Crippen LogP contribution in [0.1, 0.15) is 44.6 Å². The molecule has 2 aliphatic rings. The third kappa shape index (κ3) is 4.64. The van der Waals surface area contributed by atoms with Gasteiger partial charge in [-0.3, -0.25) is 0 Å². The van der Waals surface area contributed by atoms with E-state index in [1.165, 1.54) is 10.3 Å². The molecule has 0 radical (unpaired) electrons. The third-order valence-electron chi connectivity index (χ3n) is 7.70. The zero-order valence-electron chi connectivity index (χ0n) is 20.8. The molecule has 11 heteroatoms. The summed E-state index contributed by atoms with van der Waals surface area (Å²) < 4.78 is 55.1. The fourth-order valence-corrected chi connectivity index (χ4v) is 8.62. The van der Waals surface area contributed by atoms with Crippen molar-refractivity contribution in [2.45, 2.75) is 62.9 Å². The number of hydrogen-bond donors (Lipinski definition) is 1. The van der Waals surface area contributed by atoms with Crippen LogP contribution in [-0.4, -0.2) is 55.7 Å². The highest BCUT2D eigenvalue weighted by atomic mass is 32.2. The van der Waals surface area contributed by atoms with Gasteiger partial charge in [0.15, 0.2) is 5.65 Å². The van der Waals surface area contributed by atoms with E-state index in [4.69, 9.17) is 0 Å². The average molecular weight is 532 g/mol. The van der Waals surface area contributed by atoms with Crippen LogP contribution in [0.25, 0.3) is 11.0 Å². The summed E-state index contributed by atoms with van der Waals surface area (Å²) in [7, 11) is -4.99. The molecule has 5 rings (SSSR count). The molecule has 36 heavy (non-hydrogen) atoms. The summed E-state index contributed by atoms with van der Waals surface area (Å²) in [5.74, 6) is 1.82. The highest BCUT2D eigenvalue weighted by Crippen LogP contribution is 2.46. The van der Waals surface area contributed by atoms with E-state index in [0.29, 0.717) is 35.1 Å². The third-order valence-corrected chi connectivity index (χ3v) is 11.0. The Kier molecular flexibility index (Phi) is 6.59. The number of fused-ring (bicyclic) bond motifs is 2. The lowest BCUT2D eigenvalue weighted by Gasteiger charge is -2.27. The van der Waals surface area contributed by atoms with Crippen LogP contribution in [0, 0.1) is 18.8 Å². The van der Waals surface area contributed by atoms with Crippen molar-refractivity contribution in [1.29, 1.82) is 0 Å².